The summed E-state index contributed by atoms with van der Waals surface area (Å²) in [5.74, 6) is 2.36. The van der Waals surface area contributed by atoms with E-state index < -0.39 is 0 Å². The van der Waals surface area contributed by atoms with Crippen LogP contribution in [-0.2, 0) is 9.53 Å². The van der Waals surface area contributed by atoms with Gasteiger partial charge in [0.25, 0.3) is 0 Å². The number of rotatable bonds is 6. The van der Waals surface area contributed by atoms with E-state index in [2.05, 4.69) is 5.92 Å². The summed E-state index contributed by atoms with van der Waals surface area (Å²) in [5, 5.41) is 0. The number of Topliss-reactive ketones (excluding diaryl/α,β-unsaturated/α-hetero) is 1. The first-order valence-corrected chi connectivity index (χ1v) is 4.34. The van der Waals surface area contributed by atoms with Crippen molar-refractivity contribution in [2.24, 2.45) is 0 Å². The Morgan fingerprint density at radius 3 is 2.67 bits per heavy atom. The van der Waals surface area contributed by atoms with Crippen molar-refractivity contribution >= 4 is 5.78 Å². The number of carbonyl (C=O) groups is 1. The van der Waals surface area contributed by atoms with E-state index in [9.17, 15) is 4.79 Å². The van der Waals surface area contributed by atoms with Gasteiger partial charge >= 0.3 is 0 Å². The number of ketones is 1. The van der Waals surface area contributed by atoms with Crippen LogP contribution < -0.4 is 0 Å². The molecule has 0 heterocycles. The lowest BCUT2D eigenvalue weighted by Crippen LogP contribution is -2.23. The van der Waals surface area contributed by atoms with E-state index >= 15 is 0 Å². The third-order valence-electron chi connectivity index (χ3n) is 1.55. The zero-order valence-corrected chi connectivity index (χ0v) is 7.80. The van der Waals surface area contributed by atoms with Gasteiger partial charge in [0.1, 0.15) is 6.10 Å². The van der Waals surface area contributed by atoms with E-state index in [1.807, 2.05) is 13.8 Å². The molecule has 0 radical (unpaired) electrons. The van der Waals surface area contributed by atoms with Crippen molar-refractivity contribution in [2.75, 3.05) is 6.61 Å². The molecule has 0 saturated carbocycles. The molecule has 2 heteroatoms. The zero-order chi connectivity index (χ0) is 9.40. The van der Waals surface area contributed by atoms with Crippen molar-refractivity contribution < 1.29 is 9.53 Å². The van der Waals surface area contributed by atoms with Gasteiger partial charge in [0.2, 0.25) is 0 Å². The molecule has 0 aromatic rings. The van der Waals surface area contributed by atoms with Crippen LogP contribution in [0.4, 0.5) is 0 Å². The Labute approximate surface area is 74.3 Å². The molecular weight excluding hydrogens is 152 g/mol. The Balaban J connectivity index is 3.92. The molecule has 0 aliphatic carbocycles. The normalized spacial score (nSPS) is 12.1. The van der Waals surface area contributed by atoms with Crippen molar-refractivity contribution in [3.8, 4) is 12.3 Å². The predicted octanol–water partition coefficient (Wildman–Crippen LogP) is 1.78. The first-order chi connectivity index (χ1) is 5.76. The number of hydrogen-bond donors (Lipinski definition) is 0. The van der Waals surface area contributed by atoms with Crippen LogP contribution in [0.2, 0.25) is 0 Å². The Morgan fingerprint density at radius 2 is 2.25 bits per heavy atom. The third kappa shape index (κ3) is 4.15. The van der Waals surface area contributed by atoms with Gasteiger partial charge in [0.15, 0.2) is 5.78 Å². The van der Waals surface area contributed by atoms with Gasteiger partial charge in [-0.2, -0.15) is 0 Å². The molecule has 0 aromatic heterocycles. The Bertz CT molecular complexity index is 161. The van der Waals surface area contributed by atoms with Gasteiger partial charge < -0.3 is 4.74 Å². The lowest BCUT2D eigenvalue weighted by atomic mass is 10.1. The average molecular weight is 168 g/mol. The lowest BCUT2D eigenvalue weighted by molar-refractivity contribution is -0.129. The first kappa shape index (κ1) is 11.2. The van der Waals surface area contributed by atoms with Crippen LogP contribution in [0.25, 0.3) is 0 Å². The summed E-state index contributed by atoms with van der Waals surface area (Å²) >= 11 is 0. The maximum atomic E-state index is 11.3. The van der Waals surface area contributed by atoms with Gasteiger partial charge in [-0.15, -0.1) is 6.42 Å². The average Bonchev–Trinajstić information content (AvgIpc) is 2.04. The van der Waals surface area contributed by atoms with Crippen molar-refractivity contribution in [3.63, 3.8) is 0 Å². The van der Waals surface area contributed by atoms with E-state index in [0.717, 1.165) is 12.8 Å². The summed E-state index contributed by atoms with van der Waals surface area (Å²) in [6.07, 6.45) is 6.65. The molecule has 0 amide bonds. The Kier molecular flexibility index (Phi) is 6.41. The monoisotopic (exact) mass is 168 g/mol. The number of carbonyl (C=O) groups excluding carboxylic acids is 1. The minimum absolute atomic E-state index is 0.0289. The lowest BCUT2D eigenvalue weighted by Gasteiger charge is -2.12. The molecule has 0 saturated heterocycles. The van der Waals surface area contributed by atoms with Crippen molar-refractivity contribution in [1.29, 1.82) is 0 Å². The molecule has 1 unspecified atom stereocenters. The van der Waals surface area contributed by atoms with E-state index in [1.165, 1.54) is 0 Å². The summed E-state index contributed by atoms with van der Waals surface area (Å²) in [6.45, 7) is 4.47. The van der Waals surface area contributed by atoms with Gasteiger partial charge in [-0.05, 0) is 13.3 Å². The van der Waals surface area contributed by atoms with Crippen LogP contribution in [0.1, 0.15) is 33.1 Å². The highest BCUT2D eigenvalue weighted by atomic mass is 16.5. The van der Waals surface area contributed by atoms with Gasteiger partial charge in [0, 0.05) is 6.61 Å². The van der Waals surface area contributed by atoms with E-state index in [0.29, 0.717) is 6.61 Å². The van der Waals surface area contributed by atoms with Crippen molar-refractivity contribution in [1.82, 2.24) is 0 Å². The molecule has 0 rings (SSSR count). The fraction of sp³-hybridized carbons (Fsp3) is 0.700. The van der Waals surface area contributed by atoms with E-state index in [-0.39, 0.29) is 18.3 Å². The van der Waals surface area contributed by atoms with Crippen molar-refractivity contribution in [2.45, 2.75) is 39.2 Å². The molecule has 12 heavy (non-hydrogen) atoms. The summed E-state index contributed by atoms with van der Waals surface area (Å²) in [5.41, 5.74) is 0. The SMILES string of the molecule is C#CCC(=O)C(CCC)OCC. The molecule has 0 bridgehead atoms. The summed E-state index contributed by atoms with van der Waals surface area (Å²) < 4.78 is 5.25. The molecule has 0 N–H and O–H groups in total. The summed E-state index contributed by atoms with van der Waals surface area (Å²) in [7, 11) is 0. The minimum Gasteiger partial charge on any atom is -0.371 e. The standard InChI is InChI=1S/C10H16O2/c1-4-7-9(11)10(8-5-2)12-6-3/h1,10H,5-8H2,2-3H3. The Hall–Kier alpha value is -0.810. The van der Waals surface area contributed by atoms with E-state index in [4.69, 9.17) is 11.2 Å². The molecule has 0 spiro atoms. The largest absolute Gasteiger partial charge is 0.371 e. The minimum atomic E-state index is -0.281. The second-order valence-corrected chi connectivity index (χ2v) is 2.58. The first-order valence-electron chi connectivity index (χ1n) is 4.34. The highest BCUT2D eigenvalue weighted by Crippen LogP contribution is 2.05. The maximum absolute atomic E-state index is 11.3. The molecule has 1 atom stereocenters. The number of hydrogen-bond acceptors (Lipinski definition) is 2. The van der Waals surface area contributed by atoms with E-state index in [1.54, 1.807) is 0 Å². The molecule has 0 aliphatic rings. The van der Waals surface area contributed by atoms with Crippen molar-refractivity contribution in [3.05, 3.63) is 0 Å². The molecule has 0 fully saturated rings. The molecule has 0 aliphatic heterocycles. The topological polar surface area (TPSA) is 26.3 Å². The number of ether oxygens (including phenoxy) is 1. The quantitative estimate of drug-likeness (QED) is 0.565. The zero-order valence-electron chi connectivity index (χ0n) is 7.80. The van der Waals surface area contributed by atoms with Crippen LogP contribution in [0.5, 0.6) is 0 Å². The molecule has 2 nitrogen and oxygen atoms in total. The van der Waals surface area contributed by atoms with Gasteiger partial charge in [-0.25, -0.2) is 0 Å². The van der Waals surface area contributed by atoms with Crippen LogP contribution in [0.15, 0.2) is 0 Å². The molecular formula is C10H16O2. The van der Waals surface area contributed by atoms with Crippen LogP contribution >= 0.6 is 0 Å². The highest BCUT2D eigenvalue weighted by Gasteiger charge is 2.15. The second-order valence-electron chi connectivity index (χ2n) is 2.58. The predicted molar refractivity (Wildman–Crippen MR) is 48.8 cm³/mol. The number of terminal acetylenes is 1. The van der Waals surface area contributed by atoms with Gasteiger partial charge in [-0.1, -0.05) is 19.3 Å². The Morgan fingerprint density at radius 1 is 1.58 bits per heavy atom. The maximum Gasteiger partial charge on any atom is 0.173 e. The highest BCUT2D eigenvalue weighted by molar-refractivity contribution is 5.85. The molecule has 0 aromatic carbocycles. The van der Waals surface area contributed by atoms with Crippen LogP contribution in [0, 0.1) is 12.3 Å². The smallest absolute Gasteiger partial charge is 0.173 e. The molecule has 68 valence electrons. The summed E-state index contributed by atoms with van der Waals surface area (Å²) in [6, 6.07) is 0. The fourth-order valence-corrected chi connectivity index (χ4v) is 1.02. The van der Waals surface area contributed by atoms with Gasteiger partial charge in [0.05, 0.1) is 6.42 Å². The van der Waals surface area contributed by atoms with Gasteiger partial charge in [-0.3, -0.25) is 4.79 Å². The fourth-order valence-electron chi connectivity index (χ4n) is 1.02. The van der Waals surface area contributed by atoms with Crippen LogP contribution in [-0.4, -0.2) is 18.5 Å². The van der Waals surface area contributed by atoms with Crippen LogP contribution in [0.3, 0.4) is 0 Å². The summed E-state index contributed by atoms with van der Waals surface area (Å²) in [4.78, 5) is 11.3. The third-order valence-corrected chi connectivity index (χ3v) is 1.55. The second kappa shape index (κ2) is 6.87.